The summed E-state index contributed by atoms with van der Waals surface area (Å²) in [7, 11) is 0. The molecule has 2 N–H and O–H groups in total. The molecule has 0 saturated carbocycles. The fraction of sp³-hybridized carbons (Fsp3) is 0.286. The number of aromatic nitrogens is 3. The summed E-state index contributed by atoms with van der Waals surface area (Å²) in [4.78, 5) is 27.8. The highest BCUT2D eigenvalue weighted by molar-refractivity contribution is 6.00. The van der Waals surface area contributed by atoms with Gasteiger partial charge in [0.15, 0.2) is 0 Å². The van der Waals surface area contributed by atoms with Gasteiger partial charge < -0.3 is 5.32 Å². The van der Waals surface area contributed by atoms with E-state index < -0.39 is 6.04 Å². The zero-order valence-electron chi connectivity index (χ0n) is 11.8. The van der Waals surface area contributed by atoms with Crippen molar-refractivity contribution in [2.24, 2.45) is 0 Å². The number of anilines is 2. The third-order valence-electron chi connectivity index (χ3n) is 3.29. The lowest BCUT2D eigenvalue weighted by Gasteiger charge is -2.10. The molecule has 0 fully saturated rings. The predicted molar refractivity (Wildman–Crippen MR) is 76.9 cm³/mol. The summed E-state index contributed by atoms with van der Waals surface area (Å²) in [6.45, 7) is 3.93. The fourth-order valence-corrected chi connectivity index (χ4v) is 2.49. The van der Waals surface area contributed by atoms with Gasteiger partial charge in [-0.3, -0.25) is 14.9 Å². The van der Waals surface area contributed by atoms with Crippen LogP contribution in [0, 0.1) is 13.8 Å². The topological polar surface area (TPSA) is 88.9 Å². The van der Waals surface area contributed by atoms with Gasteiger partial charge in [-0.05, 0) is 37.1 Å². The second kappa shape index (κ2) is 5.01. The van der Waals surface area contributed by atoms with Crippen molar-refractivity contribution in [3.05, 3.63) is 35.7 Å². The van der Waals surface area contributed by atoms with E-state index in [1.54, 1.807) is 0 Å². The molecule has 1 aliphatic heterocycles. The molecule has 0 saturated heterocycles. The zero-order chi connectivity index (χ0) is 15.0. The first-order chi connectivity index (χ1) is 10.0. The summed E-state index contributed by atoms with van der Waals surface area (Å²) < 4.78 is 1.43. The Kier molecular flexibility index (Phi) is 3.17. The van der Waals surface area contributed by atoms with Crippen molar-refractivity contribution in [2.45, 2.75) is 26.3 Å². The summed E-state index contributed by atoms with van der Waals surface area (Å²) in [6, 6.07) is 5.16. The van der Waals surface area contributed by atoms with E-state index in [-0.39, 0.29) is 18.2 Å². The molecule has 1 aromatic heterocycles. The normalized spacial score (nSPS) is 16.5. The van der Waals surface area contributed by atoms with Crippen LogP contribution in [-0.2, 0) is 9.59 Å². The first-order valence-corrected chi connectivity index (χ1v) is 6.61. The van der Waals surface area contributed by atoms with Crippen LogP contribution in [0.3, 0.4) is 0 Å². The van der Waals surface area contributed by atoms with Gasteiger partial charge in [0.05, 0.1) is 6.42 Å². The van der Waals surface area contributed by atoms with Crippen molar-refractivity contribution < 1.29 is 9.59 Å². The molecule has 0 spiro atoms. The Hall–Kier alpha value is -2.70. The molecule has 2 amide bonds. The number of hydrogen-bond acceptors (Lipinski definition) is 4. The summed E-state index contributed by atoms with van der Waals surface area (Å²) in [5, 5.41) is 9.36. The number of carbonyl (C=O) groups excluding carboxylic acids is 2. The van der Waals surface area contributed by atoms with E-state index in [0.29, 0.717) is 5.95 Å². The molecule has 108 valence electrons. The van der Waals surface area contributed by atoms with Crippen molar-refractivity contribution in [3.8, 4) is 0 Å². The largest absolute Gasteiger partial charge is 0.326 e. The van der Waals surface area contributed by atoms with E-state index in [1.807, 2.05) is 32.0 Å². The molecule has 0 aliphatic carbocycles. The Bertz CT molecular complexity index is 702. The number of fused-ring (bicyclic) bond motifs is 1. The van der Waals surface area contributed by atoms with Crippen molar-refractivity contribution >= 4 is 23.5 Å². The van der Waals surface area contributed by atoms with Crippen LogP contribution in [0.15, 0.2) is 24.5 Å². The maximum absolute atomic E-state index is 12.1. The van der Waals surface area contributed by atoms with Crippen LogP contribution in [0.4, 0.5) is 11.6 Å². The standard InChI is InChI=1S/C14H15N5O2/c1-8-3-9(2)5-10(4-8)17-12(20)6-11-13(21)18-14-15-7-16-19(11)14/h3-5,7,11H,6H2,1-2H3,(H,17,20)(H,15,16,18,21). The summed E-state index contributed by atoms with van der Waals surface area (Å²) in [5.74, 6) is -0.117. The van der Waals surface area contributed by atoms with Gasteiger partial charge in [-0.1, -0.05) is 6.07 Å². The highest BCUT2D eigenvalue weighted by Gasteiger charge is 2.33. The van der Waals surface area contributed by atoms with Crippen LogP contribution < -0.4 is 10.6 Å². The van der Waals surface area contributed by atoms with Gasteiger partial charge in [0.1, 0.15) is 12.4 Å². The van der Waals surface area contributed by atoms with Crippen molar-refractivity contribution in [1.29, 1.82) is 0 Å². The van der Waals surface area contributed by atoms with Gasteiger partial charge in [0.25, 0.3) is 5.91 Å². The van der Waals surface area contributed by atoms with Crippen molar-refractivity contribution in [3.63, 3.8) is 0 Å². The van der Waals surface area contributed by atoms with Crippen LogP contribution in [0.1, 0.15) is 23.6 Å². The van der Waals surface area contributed by atoms with Gasteiger partial charge >= 0.3 is 0 Å². The Labute approximate surface area is 121 Å². The lowest BCUT2D eigenvalue weighted by Crippen LogP contribution is -2.23. The summed E-state index contributed by atoms with van der Waals surface area (Å²) in [6.07, 6.45) is 1.37. The second-order valence-corrected chi connectivity index (χ2v) is 5.16. The maximum Gasteiger partial charge on any atom is 0.252 e. The molecule has 1 aliphatic rings. The van der Waals surface area contributed by atoms with Gasteiger partial charge in [-0.2, -0.15) is 10.1 Å². The number of nitrogens with one attached hydrogen (secondary N) is 2. The lowest BCUT2D eigenvalue weighted by molar-refractivity contribution is -0.123. The first-order valence-electron chi connectivity index (χ1n) is 6.61. The predicted octanol–water partition coefficient (Wildman–Crippen LogP) is 1.42. The van der Waals surface area contributed by atoms with Gasteiger partial charge in [-0.25, -0.2) is 4.68 Å². The Morgan fingerprint density at radius 1 is 1.33 bits per heavy atom. The minimum Gasteiger partial charge on any atom is -0.326 e. The molecule has 3 rings (SSSR count). The monoisotopic (exact) mass is 285 g/mol. The molecule has 21 heavy (non-hydrogen) atoms. The number of aryl methyl sites for hydroxylation is 2. The highest BCUT2D eigenvalue weighted by Crippen LogP contribution is 2.24. The van der Waals surface area contributed by atoms with Gasteiger partial charge in [-0.15, -0.1) is 0 Å². The number of nitrogens with zero attached hydrogens (tertiary/aromatic N) is 3. The highest BCUT2D eigenvalue weighted by atomic mass is 16.2. The average molecular weight is 285 g/mol. The second-order valence-electron chi connectivity index (χ2n) is 5.16. The lowest BCUT2D eigenvalue weighted by atomic mass is 10.1. The molecule has 7 nitrogen and oxygen atoms in total. The SMILES string of the molecule is Cc1cc(C)cc(NC(=O)CC2C(=O)Nc3ncnn32)c1. The van der Waals surface area contributed by atoms with E-state index in [0.717, 1.165) is 16.8 Å². The van der Waals surface area contributed by atoms with E-state index in [4.69, 9.17) is 0 Å². The van der Waals surface area contributed by atoms with Crippen LogP contribution in [0.5, 0.6) is 0 Å². The average Bonchev–Trinajstić information content (AvgIpc) is 2.91. The fourth-order valence-electron chi connectivity index (χ4n) is 2.49. The third kappa shape index (κ3) is 2.62. The number of rotatable bonds is 3. The zero-order valence-corrected chi connectivity index (χ0v) is 11.8. The van der Waals surface area contributed by atoms with Gasteiger partial charge in [0, 0.05) is 5.69 Å². The molecular weight excluding hydrogens is 270 g/mol. The maximum atomic E-state index is 12.1. The van der Waals surface area contributed by atoms with Crippen LogP contribution >= 0.6 is 0 Å². The van der Waals surface area contributed by atoms with Crippen LogP contribution in [-0.4, -0.2) is 26.6 Å². The number of benzene rings is 1. The van der Waals surface area contributed by atoms with Crippen molar-refractivity contribution in [1.82, 2.24) is 14.8 Å². The minimum atomic E-state index is -0.645. The number of carbonyl (C=O) groups is 2. The first kappa shape index (κ1) is 13.3. The summed E-state index contributed by atoms with van der Waals surface area (Å²) >= 11 is 0. The van der Waals surface area contributed by atoms with E-state index in [9.17, 15) is 9.59 Å². The van der Waals surface area contributed by atoms with E-state index in [1.165, 1.54) is 11.0 Å². The van der Waals surface area contributed by atoms with Crippen LogP contribution in [0.25, 0.3) is 0 Å². The van der Waals surface area contributed by atoms with Gasteiger partial charge in [0.2, 0.25) is 11.9 Å². The Balaban J connectivity index is 1.71. The quantitative estimate of drug-likeness (QED) is 0.892. The minimum absolute atomic E-state index is 0.0230. The molecule has 7 heteroatoms. The van der Waals surface area contributed by atoms with E-state index >= 15 is 0 Å². The molecule has 1 aromatic carbocycles. The Morgan fingerprint density at radius 2 is 2.05 bits per heavy atom. The smallest absolute Gasteiger partial charge is 0.252 e. The Morgan fingerprint density at radius 3 is 2.76 bits per heavy atom. The third-order valence-corrected chi connectivity index (χ3v) is 3.29. The van der Waals surface area contributed by atoms with E-state index in [2.05, 4.69) is 20.7 Å². The molecular formula is C14H15N5O2. The molecule has 0 bridgehead atoms. The van der Waals surface area contributed by atoms with Crippen LogP contribution in [0.2, 0.25) is 0 Å². The molecule has 2 aromatic rings. The summed E-state index contributed by atoms with van der Waals surface area (Å²) in [5.41, 5.74) is 2.87. The number of hydrogen-bond donors (Lipinski definition) is 2. The molecule has 1 atom stereocenters. The molecule has 2 heterocycles. The number of amides is 2. The molecule has 1 unspecified atom stereocenters. The van der Waals surface area contributed by atoms with Crippen molar-refractivity contribution in [2.75, 3.05) is 10.6 Å². The molecule has 0 radical (unpaired) electrons.